The van der Waals surface area contributed by atoms with Crippen molar-refractivity contribution in [3.05, 3.63) is 47.1 Å². The highest BCUT2D eigenvalue weighted by atomic mass is 35.5. The number of halogens is 1. The summed E-state index contributed by atoms with van der Waals surface area (Å²) in [5.41, 5.74) is 0.120. The highest BCUT2D eigenvalue weighted by Gasteiger charge is 2.44. The van der Waals surface area contributed by atoms with E-state index in [0.29, 0.717) is 5.02 Å². The third-order valence-electron chi connectivity index (χ3n) is 3.99. The molecule has 28 heavy (non-hydrogen) atoms. The van der Waals surface area contributed by atoms with Crippen LogP contribution in [0.5, 0.6) is 0 Å². The maximum absolute atomic E-state index is 12.8. The van der Waals surface area contributed by atoms with Crippen LogP contribution < -0.4 is 10.2 Å². The minimum Gasteiger partial charge on any atom is -0.419 e. The highest BCUT2D eigenvalue weighted by Crippen LogP contribution is 2.35. The lowest BCUT2D eigenvalue weighted by Gasteiger charge is -2.28. The van der Waals surface area contributed by atoms with Gasteiger partial charge >= 0.3 is 6.09 Å². The molecule has 0 bridgehead atoms. The molecule has 1 N–H and O–H groups in total. The molecule has 0 saturated carbocycles. The first-order valence-corrected chi connectivity index (χ1v) is 8.36. The van der Waals surface area contributed by atoms with E-state index in [4.69, 9.17) is 16.3 Å². The van der Waals surface area contributed by atoms with Gasteiger partial charge in [-0.1, -0.05) is 11.6 Å². The number of imide groups is 1. The zero-order chi connectivity index (χ0) is 19.8. The van der Waals surface area contributed by atoms with Gasteiger partial charge in [-0.25, -0.2) is 19.7 Å². The van der Waals surface area contributed by atoms with E-state index in [2.05, 4.69) is 20.3 Å². The molecule has 4 rings (SSSR count). The maximum atomic E-state index is 12.8. The Hall–Kier alpha value is -3.60. The first-order valence-electron chi connectivity index (χ1n) is 7.98. The Morgan fingerprint density at radius 3 is 2.50 bits per heavy atom. The van der Waals surface area contributed by atoms with E-state index in [1.165, 1.54) is 30.7 Å². The SMILES string of the molecule is O=C1CN(C(=O)O[C@H]2c3nccnc3C(=O)N2c2ccc(Cl)cn2)CC(=O)N1. The van der Waals surface area contributed by atoms with Crippen LogP contribution in [0.2, 0.25) is 5.02 Å². The zero-order valence-electron chi connectivity index (χ0n) is 14.0. The molecule has 2 aromatic rings. The average Bonchev–Trinajstić information content (AvgIpc) is 2.94. The zero-order valence-corrected chi connectivity index (χ0v) is 14.8. The fourth-order valence-electron chi connectivity index (χ4n) is 2.82. The fourth-order valence-corrected chi connectivity index (χ4v) is 2.93. The number of pyridine rings is 1. The molecule has 2 aliphatic rings. The van der Waals surface area contributed by atoms with Crippen LogP contribution in [0.3, 0.4) is 0 Å². The normalized spacial score (nSPS) is 18.8. The molecule has 0 unspecified atom stereocenters. The second-order valence-electron chi connectivity index (χ2n) is 5.86. The van der Waals surface area contributed by atoms with Crippen LogP contribution in [0.1, 0.15) is 22.4 Å². The molecule has 0 aliphatic carbocycles. The van der Waals surface area contributed by atoms with Gasteiger partial charge in [-0.2, -0.15) is 0 Å². The molecular formula is C16H11ClN6O5. The van der Waals surface area contributed by atoms with Crippen molar-refractivity contribution in [3.8, 4) is 0 Å². The minimum atomic E-state index is -1.27. The van der Waals surface area contributed by atoms with Gasteiger partial charge < -0.3 is 4.74 Å². The van der Waals surface area contributed by atoms with Crippen LogP contribution in [-0.2, 0) is 14.3 Å². The number of amides is 4. The molecule has 1 saturated heterocycles. The Balaban J connectivity index is 1.66. The van der Waals surface area contributed by atoms with Gasteiger partial charge in [0, 0.05) is 18.6 Å². The van der Waals surface area contributed by atoms with Crippen molar-refractivity contribution < 1.29 is 23.9 Å². The summed E-state index contributed by atoms with van der Waals surface area (Å²) in [7, 11) is 0. The van der Waals surface area contributed by atoms with Gasteiger partial charge in [0.1, 0.15) is 24.6 Å². The summed E-state index contributed by atoms with van der Waals surface area (Å²) in [5, 5.41) is 2.44. The van der Waals surface area contributed by atoms with Crippen molar-refractivity contribution in [2.24, 2.45) is 0 Å². The highest BCUT2D eigenvalue weighted by molar-refractivity contribution is 6.30. The lowest BCUT2D eigenvalue weighted by Crippen LogP contribution is -2.53. The minimum absolute atomic E-state index is 0.00418. The smallest absolute Gasteiger partial charge is 0.412 e. The number of ether oxygens (including phenoxy) is 1. The summed E-state index contributed by atoms with van der Waals surface area (Å²) in [4.78, 5) is 62.5. The Morgan fingerprint density at radius 1 is 1.11 bits per heavy atom. The van der Waals surface area contributed by atoms with Gasteiger partial charge in [-0.15, -0.1) is 0 Å². The first kappa shape index (κ1) is 17.8. The van der Waals surface area contributed by atoms with E-state index in [-0.39, 0.29) is 30.3 Å². The van der Waals surface area contributed by atoms with Crippen LogP contribution in [0, 0.1) is 0 Å². The molecule has 2 aromatic heterocycles. The summed E-state index contributed by atoms with van der Waals surface area (Å²) < 4.78 is 5.43. The monoisotopic (exact) mass is 402 g/mol. The van der Waals surface area contributed by atoms with Crippen LogP contribution in [0.25, 0.3) is 0 Å². The molecule has 1 fully saturated rings. The van der Waals surface area contributed by atoms with Gasteiger partial charge in [0.25, 0.3) is 5.91 Å². The largest absolute Gasteiger partial charge is 0.419 e. The number of nitrogens with one attached hydrogen (secondary N) is 1. The number of hydrogen-bond donors (Lipinski definition) is 1. The van der Waals surface area contributed by atoms with Crippen molar-refractivity contribution in [1.82, 2.24) is 25.2 Å². The van der Waals surface area contributed by atoms with Crippen LogP contribution >= 0.6 is 11.6 Å². The van der Waals surface area contributed by atoms with E-state index in [9.17, 15) is 19.2 Å². The number of hydrogen-bond acceptors (Lipinski definition) is 8. The van der Waals surface area contributed by atoms with Crippen molar-refractivity contribution >= 4 is 41.2 Å². The first-order chi connectivity index (χ1) is 13.4. The lowest BCUT2D eigenvalue weighted by molar-refractivity contribution is -0.135. The molecule has 2 aliphatic heterocycles. The summed E-state index contributed by atoms with van der Waals surface area (Å²) >= 11 is 5.84. The molecule has 142 valence electrons. The van der Waals surface area contributed by atoms with Gasteiger partial charge in [-0.3, -0.25) is 29.6 Å². The van der Waals surface area contributed by atoms with Gasteiger partial charge in [-0.05, 0) is 12.1 Å². The number of rotatable bonds is 2. The summed E-state index contributed by atoms with van der Waals surface area (Å²) in [6, 6.07) is 3.00. The molecule has 0 aromatic carbocycles. The topological polar surface area (TPSA) is 135 Å². The number of carbonyl (C=O) groups is 4. The molecule has 4 amide bonds. The number of nitrogens with zero attached hydrogens (tertiary/aromatic N) is 5. The van der Waals surface area contributed by atoms with E-state index in [0.717, 1.165) is 9.80 Å². The predicted molar refractivity (Wildman–Crippen MR) is 92.0 cm³/mol. The van der Waals surface area contributed by atoms with Gasteiger partial charge in [0.15, 0.2) is 5.69 Å². The van der Waals surface area contributed by atoms with E-state index in [1.54, 1.807) is 0 Å². The van der Waals surface area contributed by atoms with E-state index >= 15 is 0 Å². The molecule has 1 atom stereocenters. The van der Waals surface area contributed by atoms with Crippen LogP contribution in [0.15, 0.2) is 30.7 Å². The Morgan fingerprint density at radius 2 is 1.82 bits per heavy atom. The standard InChI is InChI=1S/C16H11ClN6O5/c17-8-1-2-9(20-5-8)23-14(26)12-13(19-4-3-18-12)15(23)28-16(27)22-6-10(24)21-11(25)7-22/h1-5,15H,6-7H2,(H,21,24,25)/t15-/m0/s1. The number of anilines is 1. The number of aromatic nitrogens is 3. The Bertz CT molecular complexity index is 981. The van der Waals surface area contributed by atoms with Crippen molar-refractivity contribution in [3.63, 3.8) is 0 Å². The molecule has 0 spiro atoms. The molecule has 12 heteroatoms. The second-order valence-corrected chi connectivity index (χ2v) is 6.30. The summed E-state index contributed by atoms with van der Waals surface area (Å²) in [6.45, 7) is -0.699. The summed E-state index contributed by atoms with van der Waals surface area (Å²) in [5.74, 6) is -1.66. The maximum Gasteiger partial charge on any atom is 0.412 e. The molecule has 0 radical (unpaired) electrons. The van der Waals surface area contributed by atoms with Crippen molar-refractivity contribution in [2.45, 2.75) is 6.23 Å². The average molecular weight is 403 g/mol. The predicted octanol–water partition coefficient (Wildman–Crippen LogP) is 0.279. The van der Waals surface area contributed by atoms with Gasteiger partial charge in [0.05, 0.1) is 5.02 Å². The fraction of sp³-hybridized carbons (Fsp3) is 0.188. The van der Waals surface area contributed by atoms with Crippen LogP contribution in [0.4, 0.5) is 10.6 Å². The third kappa shape index (κ3) is 3.11. The van der Waals surface area contributed by atoms with E-state index in [1.807, 2.05) is 0 Å². The second kappa shape index (κ2) is 6.85. The summed E-state index contributed by atoms with van der Waals surface area (Å²) in [6.07, 6.45) is 1.79. The van der Waals surface area contributed by atoms with Gasteiger partial charge in [0.2, 0.25) is 18.0 Å². The lowest BCUT2D eigenvalue weighted by atomic mass is 10.3. The number of carbonyl (C=O) groups excluding carboxylic acids is 4. The van der Waals surface area contributed by atoms with Crippen LogP contribution in [-0.4, -0.2) is 56.8 Å². The molecular weight excluding hydrogens is 392 g/mol. The molecule has 11 nitrogen and oxygen atoms in total. The van der Waals surface area contributed by atoms with Crippen molar-refractivity contribution in [1.29, 1.82) is 0 Å². The number of piperazine rings is 1. The Kier molecular flexibility index (Phi) is 4.35. The Labute approximate surface area is 162 Å². The number of fused-ring (bicyclic) bond motifs is 1. The molecule has 4 heterocycles. The third-order valence-corrected chi connectivity index (χ3v) is 4.22. The van der Waals surface area contributed by atoms with E-state index < -0.39 is 30.0 Å². The van der Waals surface area contributed by atoms with Crippen molar-refractivity contribution in [2.75, 3.05) is 18.0 Å². The quantitative estimate of drug-likeness (QED) is 0.707.